The van der Waals surface area contributed by atoms with Crippen molar-refractivity contribution in [2.75, 3.05) is 0 Å². The lowest BCUT2D eigenvalue weighted by Gasteiger charge is -2.24. The zero-order chi connectivity index (χ0) is 26.8. The van der Waals surface area contributed by atoms with Crippen LogP contribution in [-0.4, -0.2) is 42.5 Å². The van der Waals surface area contributed by atoms with E-state index < -0.39 is 16.5 Å². The first kappa shape index (κ1) is 23.3. The predicted octanol–water partition coefficient (Wildman–Crippen LogP) is 2.81. The number of nitrogens with one attached hydrogen (secondary N) is 2. The molecule has 2 atom stereocenters. The molecule has 1 fully saturated rings. The molecule has 4 aliphatic heterocycles. The Balaban J connectivity index is 1.45. The average Bonchev–Trinajstić information content (AvgIpc) is 3.73. The Morgan fingerprint density at radius 3 is 2.46 bits per heavy atom. The Kier molecular flexibility index (Phi) is 4.82. The van der Waals surface area contributed by atoms with Crippen molar-refractivity contribution in [3.8, 4) is 5.69 Å². The number of Topliss-reactive ketones (excluding diaryl/α,β-unsaturated/α-hetero) is 1. The van der Waals surface area contributed by atoms with E-state index >= 15 is 0 Å². The van der Waals surface area contributed by atoms with Crippen molar-refractivity contribution >= 4 is 29.4 Å². The molecular formula is C31H27N7O. The summed E-state index contributed by atoms with van der Waals surface area (Å²) in [6.07, 6.45) is 23.3. The fourth-order valence-corrected chi connectivity index (χ4v) is 5.64. The molecule has 8 heteroatoms. The number of carbonyl (C=O) groups is 1. The average molecular weight is 514 g/mol. The SMILES string of the molecule is CC12C=C3C=CC(=N3)C=c3ccc([nH]3)=CC3=NC(c4cnn(-c5ccncc5)c4)(C=C3)C=C(N1)C(C)(C)C2=O. The molecule has 0 amide bonds. The molecule has 3 aromatic heterocycles. The minimum Gasteiger partial charge on any atom is -0.373 e. The lowest BCUT2D eigenvalue weighted by molar-refractivity contribution is -0.126. The van der Waals surface area contributed by atoms with Crippen molar-refractivity contribution in [1.82, 2.24) is 25.1 Å². The van der Waals surface area contributed by atoms with Crippen molar-refractivity contribution in [3.63, 3.8) is 0 Å². The van der Waals surface area contributed by atoms with Crippen LogP contribution in [0.5, 0.6) is 0 Å². The van der Waals surface area contributed by atoms with Crippen molar-refractivity contribution in [2.45, 2.75) is 31.8 Å². The molecule has 0 aliphatic carbocycles. The number of allylic oxidation sites excluding steroid dienone is 4. The molecule has 0 saturated carbocycles. The number of H-pyrrole nitrogens is 1. The van der Waals surface area contributed by atoms with Crippen LogP contribution in [0.2, 0.25) is 0 Å². The van der Waals surface area contributed by atoms with Gasteiger partial charge in [0.25, 0.3) is 0 Å². The zero-order valence-corrected chi connectivity index (χ0v) is 21.9. The molecule has 3 aromatic rings. The van der Waals surface area contributed by atoms with E-state index in [1.54, 1.807) is 12.4 Å². The molecule has 0 radical (unpaired) electrons. The number of rotatable bonds is 2. The maximum Gasteiger partial charge on any atom is 0.173 e. The van der Waals surface area contributed by atoms with Crippen molar-refractivity contribution < 1.29 is 4.79 Å². The first-order chi connectivity index (χ1) is 18.7. The number of aromatic nitrogens is 4. The van der Waals surface area contributed by atoms with Crippen LogP contribution in [0.15, 0.2) is 107 Å². The van der Waals surface area contributed by atoms with Crippen LogP contribution in [0, 0.1) is 5.41 Å². The molecule has 7 rings (SSSR count). The van der Waals surface area contributed by atoms with Gasteiger partial charge in [0, 0.05) is 40.5 Å². The summed E-state index contributed by atoms with van der Waals surface area (Å²) in [4.78, 5) is 31.4. The monoisotopic (exact) mass is 513 g/mol. The number of pyridine rings is 1. The quantitative estimate of drug-likeness (QED) is 0.550. The zero-order valence-electron chi connectivity index (χ0n) is 21.9. The molecule has 192 valence electrons. The molecule has 2 unspecified atom stereocenters. The topological polar surface area (TPSA) is 100 Å². The normalized spacial score (nSPS) is 26.3. The highest BCUT2D eigenvalue weighted by atomic mass is 16.1. The maximum absolute atomic E-state index is 13.9. The van der Waals surface area contributed by atoms with Crippen LogP contribution in [0.3, 0.4) is 0 Å². The van der Waals surface area contributed by atoms with Crippen LogP contribution in [0.25, 0.3) is 17.8 Å². The van der Waals surface area contributed by atoms with Gasteiger partial charge in [-0.25, -0.2) is 9.67 Å². The van der Waals surface area contributed by atoms with Crippen LogP contribution < -0.4 is 16.0 Å². The van der Waals surface area contributed by atoms with Crippen molar-refractivity contribution in [1.29, 1.82) is 0 Å². The Bertz CT molecular complexity index is 1840. The number of aliphatic imine (C=N–C) groups is 2. The summed E-state index contributed by atoms with van der Waals surface area (Å²) < 4.78 is 1.82. The maximum atomic E-state index is 13.9. The van der Waals surface area contributed by atoms with Crippen LogP contribution >= 0.6 is 0 Å². The van der Waals surface area contributed by atoms with Crippen LogP contribution in [0.4, 0.5) is 0 Å². The van der Waals surface area contributed by atoms with Crippen molar-refractivity contribution in [3.05, 3.63) is 113 Å². The van der Waals surface area contributed by atoms with Gasteiger partial charge in [-0.1, -0.05) is 0 Å². The molecule has 0 spiro atoms. The smallest absolute Gasteiger partial charge is 0.173 e. The number of nitrogens with zero attached hydrogens (tertiary/aromatic N) is 5. The fraction of sp³-hybridized carbons (Fsp3) is 0.194. The van der Waals surface area contributed by atoms with E-state index in [-0.39, 0.29) is 5.78 Å². The van der Waals surface area contributed by atoms with Gasteiger partial charge in [-0.2, -0.15) is 5.10 Å². The van der Waals surface area contributed by atoms with Gasteiger partial charge in [0.15, 0.2) is 5.78 Å². The standard InChI is InChI=1S/C31H27N7O/c1-29(2)27-17-31(20-18-33-38(19-20)26-9-12-32-13-10-26)11-8-24(36-31)15-23-5-4-21(34-23)14-22-6-7-25(35-22)16-30(3,37-27)28(29)39/h4-19,34,37H,1-3H3. The lowest BCUT2D eigenvalue weighted by Crippen LogP contribution is -2.41. The lowest BCUT2D eigenvalue weighted by atomic mass is 9.79. The largest absolute Gasteiger partial charge is 0.373 e. The number of fused-ring (bicyclic) bond motifs is 6. The number of ketones is 1. The van der Waals surface area contributed by atoms with E-state index in [0.717, 1.165) is 44.8 Å². The first-order valence-corrected chi connectivity index (χ1v) is 12.9. The van der Waals surface area contributed by atoms with Crippen molar-refractivity contribution in [2.24, 2.45) is 15.4 Å². The number of carbonyl (C=O) groups excluding carboxylic acids is 1. The van der Waals surface area contributed by atoms with E-state index in [9.17, 15) is 4.79 Å². The summed E-state index contributed by atoms with van der Waals surface area (Å²) in [6, 6.07) is 7.86. The summed E-state index contributed by atoms with van der Waals surface area (Å²) in [7, 11) is 0. The second-order valence-electron chi connectivity index (χ2n) is 11.0. The predicted molar refractivity (Wildman–Crippen MR) is 152 cm³/mol. The molecule has 8 nitrogen and oxygen atoms in total. The number of hydrogen-bond acceptors (Lipinski definition) is 6. The summed E-state index contributed by atoms with van der Waals surface area (Å²) in [5.41, 5.74) is 2.45. The Morgan fingerprint density at radius 1 is 0.897 bits per heavy atom. The van der Waals surface area contributed by atoms with Gasteiger partial charge in [0.1, 0.15) is 11.1 Å². The first-order valence-electron chi connectivity index (χ1n) is 12.9. The molecular weight excluding hydrogens is 486 g/mol. The third-order valence-corrected chi connectivity index (χ3v) is 7.72. The van der Waals surface area contributed by atoms with E-state index in [4.69, 9.17) is 9.98 Å². The highest BCUT2D eigenvalue weighted by Gasteiger charge is 2.52. The molecule has 7 heterocycles. The highest BCUT2D eigenvalue weighted by molar-refractivity contribution is 6.20. The van der Waals surface area contributed by atoms with E-state index in [1.807, 2.05) is 98.6 Å². The molecule has 2 N–H and O–H groups in total. The van der Waals surface area contributed by atoms with Gasteiger partial charge in [-0.3, -0.25) is 14.8 Å². The summed E-state index contributed by atoms with van der Waals surface area (Å²) in [5.74, 6) is 0.0769. The minimum atomic E-state index is -0.923. The van der Waals surface area contributed by atoms with Gasteiger partial charge in [-0.05, 0) is 93.6 Å². The molecule has 39 heavy (non-hydrogen) atoms. The summed E-state index contributed by atoms with van der Waals surface area (Å²) in [5, 5.41) is 10.1. The van der Waals surface area contributed by atoms with Gasteiger partial charge < -0.3 is 10.3 Å². The minimum absolute atomic E-state index is 0.0769. The molecule has 4 aliphatic rings. The van der Waals surface area contributed by atoms with Gasteiger partial charge in [0.05, 0.1) is 34.4 Å². The highest BCUT2D eigenvalue weighted by Crippen LogP contribution is 2.44. The Labute approximate surface area is 225 Å². The van der Waals surface area contributed by atoms with E-state index in [1.165, 1.54) is 0 Å². The molecule has 0 aromatic carbocycles. The van der Waals surface area contributed by atoms with Gasteiger partial charge in [-0.15, -0.1) is 0 Å². The van der Waals surface area contributed by atoms with E-state index in [0.29, 0.717) is 0 Å². The Morgan fingerprint density at radius 2 is 1.67 bits per heavy atom. The molecule has 8 bridgehead atoms. The number of hydrogen-bond donors (Lipinski definition) is 2. The van der Waals surface area contributed by atoms with Crippen LogP contribution in [-0.2, 0) is 10.3 Å². The Hall–Kier alpha value is -4.85. The summed E-state index contributed by atoms with van der Waals surface area (Å²) >= 11 is 0. The second-order valence-corrected chi connectivity index (χ2v) is 11.0. The van der Waals surface area contributed by atoms with Gasteiger partial charge >= 0.3 is 0 Å². The summed E-state index contributed by atoms with van der Waals surface area (Å²) in [6.45, 7) is 5.84. The van der Waals surface area contributed by atoms with Crippen LogP contribution in [0.1, 0.15) is 26.3 Å². The van der Waals surface area contributed by atoms with Gasteiger partial charge in [0.2, 0.25) is 0 Å². The molecule has 1 saturated heterocycles. The third-order valence-electron chi connectivity index (χ3n) is 7.72. The fourth-order valence-electron chi connectivity index (χ4n) is 5.64. The number of aromatic amines is 1. The second kappa shape index (κ2) is 8.07. The van der Waals surface area contributed by atoms with E-state index in [2.05, 4.69) is 32.5 Å². The third kappa shape index (κ3) is 3.79.